The summed E-state index contributed by atoms with van der Waals surface area (Å²) in [5.41, 5.74) is 2.15. The summed E-state index contributed by atoms with van der Waals surface area (Å²) in [4.78, 5) is 4.10. The Balaban J connectivity index is 0.000000457. The van der Waals surface area contributed by atoms with Crippen LogP contribution >= 0.6 is 0 Å². The Hall–Kier alpha value is -1.84. The molecule has 1 aliphatic heterocycles. The molecule has 0 unspecified atom stereocenters. The van der Waals surface area contributed by atoms with Crippen LogP contribution in [0.15, 0.2) is 24.5 Å². The van der Waals surface area contributed by atoms with E-state index in [0.717, 1.165) is 17.3 Å². The molecule has 2 heterocycles. The molecular formula is C12H15N3O. The molecule has 0 N–H and O–H groups in total. The van der Waals surface area contributed by atoms with E-state index < -0.39 is 0 Å². The van der Waals surface area contributed by atoms with E-state index in [9.17, 15) is 0 Å². The highest BCUT2D eigenvalue weighted by molar-refractivity contribution is 5.49. The van der Waals surface area contributed by atoms with Gasteiger partial charge in [0.2, 0.25) is 0 Å². The van der Waals surface area contributed by atoms with Gasteiger partial charge >= 0.3 is 0 Å². The first-order chi connectivity index (χ1) is 7.84. The molecule has 0 amide bonds. The molecule has 0 saturated heterocycles. The molecule has 2 aromatic rings. The molecule has 0 saturated carbocycles. The summed E-state index contributed by atoms with van der Waals surface area (Å²) in [7, 11) is 0. The summed E-state index contributed by atoms with van der Waals surface area (Å²) < 4.78 is 7.38. The summed E-state index contributed by atoms with van der Waals surface area (Å²) in [5.74, 6) is 1.73. The third kappa shape index (κ3) is 1.66. The number of fused-ring (bicyclic) bond motifs is 3. The quantitative estimate of drug-likeness (QED) is 0.680. The van der Waals surface area contributed by atoms with E-state index >= 15 is 0 Å². The van der Waals surface area contributed by atoms with Gasteiger partial charge in [0.05, 0.1) is 0 Å². The van der Waals surface area contributed by atoms with Crippen LogP contribution in [-0.4, -0.2) is 14.8 Å². The molecule has 0 radical (unpaired) electrons. The second kappa shape index (κ2) is 4.35. The van der Waals surface area contributed by atoms with Gasteiger partial charge in [-0.1, -0.05) is 19.9 Å². The van der Waals surface area contributed by atoms with Crippen LogP contribution in [0.25, 0.3) is 5.69 Å². The zero-order chi connectivity index (χ0) is 11.5. The summed E-state index contributed by atoms with van der Waals surface area (Å²) >= 11 is 0. The predicted octanol–water partition coefficient (Wildman–Crippen LogP) is 2.49. The number of aryl methyl sites for hydroxylation is 1. The van der Waals surface area contributed by atoms with Crippen molar-refractivity contribution >= 4 is 0 Å². The van der Waals surface area contributed by atoms with Gasteiger partial charge in [-0.25, -0.2) is 9.67 Å². The smallest absolute Gasteiger partial charge is 0.170 e. The van der Waals surface area contributed by atoms with Gasteiger partial charge in [0, 0.05) is 0 Å². The molecular weight excluding hydrogens is 202 g/mol. The lowest BCUT2D eigenvalue weighted by molar-refractivity contribution is 0.276. The Kier molecular flexibility index (Phi) is 2.90. The fourth-order valence-electron chi connectivity index (χ4n) is 1.62. The van der Waals surface area contributed by atoms with Crippen molar-refractivity contribution in [2.45, 2.75) is 27.4 Å². The summed E-state index contributed by atoms with van der Waals surface area (Å²) in [6.07, 6.45) is 1.55. The molecule has 0 bridgehead atoms. The Morgan fingerprint density at radius 2 is 2.12 bits per heavy atom. The third-order valence-corrected chi connectivity index (χ3v) is 2.32. The van der Waals surface area contributed by atoms with E-state index in [4.69, 9.17) is 4.74 Å². The highest BCUT2D eigenvalue weighted by atomic mass is 16.5. The Bertz CT molecular complexity index is 491. The first kappa shape index (κ1) is 10.7. The second-order valence-electron chi connectivity index (χ2n) is 3.35. The molecule has 0 spiro atoms. The van der Waals surface area contributed by atoms with Gasteiger partial charge in [-0.05, 0) is 24.6 Å². The molecule has 4 nitrogen and oxygen atoms in total. The van der Waals surface area contributed by atoms with Gasteiger partial charge in [0.15, 0.2) is 5.82 Å². The van der Waals surface area contributed by atoms with Gasteiger partial charge in [-0.3, -0.25) is 0 Å². The molecule has 4 heteroatoms. The molecule has 16 heavy (non-hydrogen) atoms. The third-order valence-electron chi connectivity index (χ3n) is 2.32. The maximum atomic E-state index is 5.57. The molecule has 3 rings (SSSR count). The average molecular weight is 217 g/mol. The van der Waals surface area contributed by atoms with Crippen LogP contribution in [0.1, 0.15) is 25.2 Å². The number of hydrogen-bond acceptors (Lipinski definition) is 3. The molecule has 1 aliphatic rings. The van der Waals surface area contributed by atoms with Crippen LogP contribution in [0.4, 0.5) is 0 Å². The van der Waals surface area contributed by atoms with Crippen molar-refractivity contribution in [3.05, 3.63) is 35.9 Å². The first-order valence-corrected chi connectivity index (χ1v) is 5.47. The standard InChI is InChI=1S/C10H9N3O.C2H6/c1-7-2-3-8-9(4-7)14-5-10-11-6-12-13(8)10;1-2/h2-4,6H,5H2,1H3;1-2H3. The van der Waals surface area contributed by atoms with Crippen molar-refractivity contribution < 1.29 is 4.74 Å². The minimum atomic E-state index is 0.496. The SMILES string of the molecule is CC.Cc1ccc2c(c1)OCc1ncnn1-2. The van der Waals surface area contributed by atoms with Crippen molar-refractivity contribution in [3.8, 4) is 11.4 Å². The number of ether oxygens (including phenoxy) is 1. The summed E-state index contributed by atoms with van der Waals surface area (Å²) in [5, 5.41) is 4.15. The highest BCUT2D eigenvalue weighted by Gasteiger charge is 2.17. The van der Waals surface area contributed by atoms with E-state index in [1.54, 1.807) is 6.33 Å². The Morgan fingerprint density at radius 3 is 2.94 bits per heavy atom. The molecule has 1 aromatic heterocycles. The van der Waals surface area contributed by atoms with Crippen molar-refractivity contribution in [2.24, 2.45) is 0 Å². The topological polar surface area (TPSA) is 39.9 Å². The second-order valence-corrected chi connectivity index (χ2v) is 3.35. The fourth-order valence-corrected chi connectivity index (χ4v) is 1.62. The zero-order valence-corrected chi connectivity index (χ0v) is 9.77. The summed E-state index contributed by atoms with van der Waals surface area (Å²) in [6, 6.07) is 6.06. The highest BCUT2D eigenvalue weighted by Crippen LogP contribution is 2.28. The van der Waals surface area contributed by atoms with Crippen LogP contribution in [0.3, 0.4) is 0 Å². The number of nitrogens with zero attached hydrogens (tertiary/aromatic N) is 3. The van der Waals surface area contributed by atoms with Gasteiger partial charge < -0.3 is 4.74 Å². The number of benzene rings is 1. The van der Waals surface area contributed by atoms with Crippen molar-refractivity contribution in [1.29, 1.82) is 0 Å². The van der Waals surface area contributed by atoms with Crippen LogP contribution in [0.5, 0.6) is 5.75 Å². The average Bonchev–Trinajstić information content (AvgIpc) is 2.79. The zero-order valence-electron chi connectivity index (χ0n) is 9.77. The maximum Gasteiger partial charge on any atom is 0.170 e. The first-order valence-electron chi connectivity index (χ1n) is 5.47. The number of aromatic nitrogens is 3. The van der Waals surface area contributed by atoms with Gasteiger partial charge in [-0.2, -0.15) is 5.10 Å². The molecule has 1 aromatic carbocycles. The van der Waals surface area contributed by atoms with Crippen LogP contribution in [0.2, 0.25) is 0 Å². The lowest BCUT2D eigenvalue weighted by atomic mass is 10.2. The van der Waals surface area contributed by atoms with E-state index in [1.807, 2.05) is 43.7 Å². The fraction of sp³-hybridized carbons (Fsp3) is 0.333. The molecule has 0 atom stereocenters. The van der Waals surface area contributed by atoms with E-state index in [2.05, 4.69) is 10.1 Å². The normalized spacial score (nSPS) is 11.7. The predicted molar refractivity (Wildman–Crippen MR) is 61.8 cm³/mol. The van der Waals surface area contributed by atoms with E-state index in [0.29, 0.717) is 6.61 Å². The molecule has 0 aliphatic carbocycles. The number of hydrogen-bond donors (Lipinski definition) is 0. The van der Waals surface area contributed by atoms with E-state index in [1.165, 1.54) is 5.56 Å². The van der Waals surface area contributed by atoms with Crippen LogP contribution < -0.4 is 4.74 Å². The van der Waals surface area contributed by atoms with Crippen LogP contribution in [-0.2, 0) is 6.61 Å². The van der Waals surface area contributed by atoms with Gasteiger partial charge in [-0.15, -0.1) is 0 Å². The Labute approximate surface area is 94.9 Å². The largest absolute Gasteiger partial charge is 0.483 e. The van der Waals surface area contributed by atoms with Crippen molar-refractivity contribution in [3.63, 3.8) is 0 Å². The lowest BCUT2D eigenvalue weighted by Gasteiger charge is -2.17. The summed E-state index contributed by atoms with van der Waals surface area (Å²) in [6.45, 7) is 6.54. The maximum absolute atomic E-state index is 5.57. The van der Waals surface area contributed by atoms with Gasteiger partial charge in [0.25, 0.3) is 0 Å². The van der Waals surface area contributed by atoms with E-state index in [-0.39, 0.29) is 0 Å². The van der Waals surface area contributed by atoms with Crippen molar-refractivity contribution in [2.75, 3.05) is 0 Å². The van der Waals surface area contributed by atoms with Gasteiger partial charge in [0.1, 0.15) is 24.4 Å². The molecule has 0 fully saturated rings. The number of rotatable bonds is 0. The van der Waals surface area contributed by atoms with Crippen LogP contribution in [0, 0.1) is 6.92 Å². The lowest BCUT2D eigenvalue weighted by Crippen LogP contribution is -2.14. The molecule has 84 valence electrons. The monoisotopic (exact) mass is 217 g/mol. The van der Waals surface area contributed by atoms with Crippen molar-refractivity contribution in [1.82, 2.24) is 14.8 Å². The minimum Gasteiger partial charge on any atom is -0.483 e. The Morgan fingerprint density at radius 1 is 1.31 bits per heavy atom. The minimum absolute atomic E-state index is 0.496.